The molecule has 4 heteroatoms. The predicted octanol–water partition coefficient (Wildman–Crippen LogP) is 1.55. The molecule has 2 fully saturated rings. The third-order valence-corrected chi connectivity index (χ3v) is 4.38. The van der Waals surface area contributed by atoms with Crippen LogP contribution in [0.1, 0.15) is 30.9 Å². The van der Waals surface area contributed by atoms with E-state index in [1.807, 2.05) is 24.3 Å². The Morgan fingerprint density at radius 3 is 2.70 bits per heavy atom. The van der Waals surface area contributed by atoms with Crippen LogP contribution in [0, 0.1) is 0 Å². The van der Waals surface area contributed by atoms with E-state index >= 15 is 0 Å². The number of hydrogen-bond acceptors (Lipinski definition) is 4. The summed E-state index contributed by atoms with van der Waals surface area (Å²) in [5, 5.41) is 13.7. The minimum absolute atomic E-state index is 0.448. The van der Waals surface area contributed by atoms with Gasteiger partial charge in [0.1, 0.15) is 5.75 Å². The Labute approximate surface area is 120 Å². The summed E-state index contributed by atoms with van der Waals surface area (Å²) in [6, 6.07) is 9.02. The van der Waals surface area contributed by atoms with Gasteiger partial charge in [0.25, 0.3) is 0 Å². The zero-order chi connectivity index (χ0) is 13.9. The molecule has 3 rings (SSSR count). The Hall–Kier alpha value is -1.10. The Bertz CT molecular complexity index is 431. The van der Waals surface area contributed by atoms with E-state index in [1.54, 1.807) is 7.11 Å². The Morgan fingerprint density at radius 1 is 1.30 bits per heavy atom. The second-order valence-electron chi connectivity index (χ2n) is 5.91. The minimum Gasteiger partial charge on any atom is -0.497 e. The summed E-state index contributed by atoms with van der Waals surface area (Å²) in [4.78, 5) is 2.58. The molecule has 2 unspecified atom stereocenters. The van der Waals surface area contributed by atoms with Crippen molar-refractivity contribution in [3.8, 4) is 5.75 Å². The Morgan fingerprint density at radius 2 is 2.05 bits per heavy atom. The van der Waals surface area contributed by atoms with E-state index in [2.05, 4.69) is 10.2 Å². The molecular formula is C16H24N2O2. The highest BCUT2D eigenvalue weighted by molar-refractivity contribution is 5.28. The minimum atomic E-state index is -0.448. The first-order valence-corrected chi connectivity index (χ1v) is 7.55. The van der Waals surface area contributed by atoms with Crippen molar-refractivity contribution in [1.82, 2.24) is 10.2 Å². The third kappa shape index (κ3) is 3.32. The molecule has 1 aliphatic carbocycles. The van der Waals surface area contributed by atoms with Gasteiger partial charge in [-0.25, -0.2) is 0 Å². The molecule has 2 aliphatic rings. The number of nitrogens with one attached hydrogen (secondary N) is 1. The molecule has 0 amide bonds. The molecule has 1 aromatic carbocycles. The second-order valence-corrected chi connectivity index (χ2v) is 5.91. The van der Waals surface area contributed by atoms with Crippen LogP contribution in [-0.2, 0) is 0 Å². The van der Waals surface area contributed by atoms with Gasteiger partial charge < -0.3 is 15.2 Å². The van der Waals surface area contributed by atoms with Gasteiger partial charge >= 0.3 is 0 Å². The molecule has 4 nitrogen and oxygen atoms in total. The summed E-state index contributed by atoms with van der Waals surface area (Å²) in [6.07, 6.45) is 3.50. The van der Waals surface area contributed by atoms with Gasteiger partial charge in [-0.2, -0.15) is 0 Å². The van der Waals surface area contributed by atoms with Crippen LogP contribution in [0.3, 0.4) is 0 Å². The lowest BCUT2D eigenvalue weighted by Gasteiger charge is -2.18. The van der Waals surface area contributed by atoms with Gasteiger partial charge in [0, 0.05) is 31.7 Å². The summed E-state index contributed by atoms with van der Waals surface area (Å²) >= 11 is 0. The van der Waals surface area contributed by atoms with Gasteiger partial charge in [-0.1, -0.05) is 12.1 Å². The van der Waals surface area contributed by atoms with Gasteiger partial charge in [-0.05, 0) is 37.0 Å². The largest absolute Gasteiger partial charge is 0.497 e. The lowest BCUT2D eigenvalue weighted by atomic mass is 10.1. The molecule has 110 valence electrons. The van der Waals surface area contributed by atoms with Crippen molar-refractivity contribution in [2.24, 2.45) is 0 Å². The van der Waals surface area contributed by atoms with Crippen molar-refractivity contribution in [1.29, 1.82) is 0 Å². The summed E-state index contributed by atoms with van der Waals surface area (Å²) in [5.41, 5.74) is 0.940. The van der Waals surface area contributed by atoms with Crippen molar-refractivity contribution in [2.45, 2.75) is 37.5 Å². The Balaban J connectivity index is 1.45. The molecule has 0 radical (unpaired) electrons. The average Bonchev–Trinajstić information content (AvgIpc) is 3.24. The molecule has 2 atom stereocenters. The van der Waals surface area contributed by atoms with Crippen LogP contribution in [0.4, 0.5) is 0 Å². The highest BCUT2D eigenvalue weighted by atomic mass is 16.5. The number of rotatable bonds is 6. The quantitative estimate of drug-likeness (QED) is 0.827. The first-order valence-electron chi connectivity index (χ1n) is 7.55. The third-order valence-electron chi connectivity index (χ3n) is 4.38. The van der Waals surface area contributed by atoms with E-state index < -0.39 is 6.10 Å². The first-order chi connectivity index (χ1) is 9.76. The lowest BCUT2D eigenvalue weighted by molar-refractivity contribution is 0.169. The monoisotopic (exact) mass is 276 g/mol. The number of nitrogens with zero attached hydrogens (tertiary/aromatic N) is 1. The molecule has 0 aromatic heterocycles. The van der Waals surface area contributed by atoms with Gasteiger partial charge in [0.15, 0.2) is 0 Å². The number of likely N-dealkylation sites (tertiary alicyclic amines) is 1. The molecular weight excluding hydrogens is 252 g/mol. The maximum absolute atomic E-state index is 10.2. The summed E-state index contributed by atoms with van der Waals surface area (Å²) < 4.78 is 5.13. The average molecular weight is 276 g/mol. The molecule has 1 saturated carbocycles. The standard InChI is InChI=1S/C16H24N2O2/c1-20-15-6-2-12(3-7-15)16(19)10-17-13-8-9-18(11-13)14-4-5-14/h2-3,6-7,13-14,16-17,19H,4-5,8-11H2,1H3. The van der Waals surface area contributed by atoms with Crippen molar-refractivity contribution >= 4 is 0 Å². The van der Waals surface area contributed by atoms with E-state index in [0.717, 1.165) is 23.9 Å². The van der Waals surface area contributed by atoms with Crippen LogP contribution in [0.25, 0.3) is 0 Å². The van der Waals surface area contributed by atoms with Crippen molar-refractivity contribution in [2.75, 3.05) is 26.7 Å². The highest BCUT2D eigenvalue weighted by Crippen LogP contribution is 2.29. The number of aliphatic hydroxyl groups is 1. The van der Waals surface area contributed by atoms with Crippen molar-refractivity contribution in [3.05, 3.63) is 29.8 Å². The number of hydrogen-bond donors (Lipinski definition) is 2. The van der Waals surface area contributed by atoms with Gasteiger partial charge in [0.05, 0.1) is 13.2 Å². The number of ether oxygens (including phenoxy) is 1. The van der Waals surface area contributed by atoms with E-state index in [-0.39, 0.29) is 0 Å². The fourth-order valence-electron chi connectivity index (χ4n) is 2.95. The van der Waals surface area contributed by atoms with Gasteiger partial charge in [-0.15, -0.1) is 0 Å². The van der Waals surface area contributed by atoms with Crippen LogP contribution in [-0.4, -0.2) is 48.8 Å². The molecule has 1 saturated heterocycles. The van der Waals surface area contributed by atoms with Gasteiger partial charge in [0.2, 0.25) is 0 Å². The Kier molecular flexibility index (Phi) is 4.24. The molecule has 0 spiro atoms. The van der Waals surface area contributed by atoms with E-state index in [4.69, 9.17) is 4.74 Å². The summed E-state index contributed by atoms with van der Waals surface area (Å²) in [7, 11) is 1.65. The van der Waals surface area contributed by atoms with Crippen LogP contribution in [0.2, 0.25) is 0 Å². The SMILES string of the molecule is COc1ccc(C(O)CNC2CCN(C3CC3)C2)cc1. The predicted molar refractivity (Wildman–Crippen MR) is 79.0 cm³/mol. The van der Waals surface area contributed by atoms with E-state index in [1.165, 1.54) is 25.8 Å². The fourth-order valence-corrected chi connectivity index (χ4v) is 2.95. The van der Waals surface area contributed by atoms with Gasteiger partial charge in [-0.3, -0.25) is 4.90 Å². The fraction of sp³-hybridized carbons (Fsp3) is 0.625. The maximum atomic E-state index is 10.2. The van der Waals surface area contributed by atoms with E-state index in [9.17, 15) is 5.11 Å². The number of methoxy groups -OCH3 is 1. The van der Waals surface area contributed by atoms with Crippen molar-refractivity contribution in [3.63, 3.8) is 0 Å². The highest BCUT2D eigenvalue weighted by Gasteiger charge is 2.34. The first kappa shape index (κ1) is 13.9. The number of aliphatic hydroxyl groups excluding tert-OH is 1. The molecule has 1 aliphatic heterocycles. The second kappa shape index (κ2) is 6.12. The zero-order valence-electron chi connectivity index (χ0n) is 12.1. The van der Waals surface area contributed by atoms with E-state index in [0.29, 0.717) is 12.6 Å². The van der Waals surface area contributed by atoms with Crippen LogP contribution in [0.5, 0.6) is 5.75 Å². The summed E-state index contributed by atoms with van der Waals surface area (Å²) in [5.74, 6) is 0.824. The molecule has 1 aromatic rings. The normalized spacial score (nSPS) is 24.8. The molecule has 1 heterocycles. The topological polar surface area (TPSA) is 44.7 Å². The molecule has 20 heavy (non-hydrogen) atoms. The zero-order valence-corrected chi connectivity index (χ0v) is 12.1. The van der Waals surface area contributed by atoms with Crippen molar-refractivity contribution < 1.29 is 9.84 Å². The molecule has 2 N–H and O–H groups in total. The molecule has 0 bridgehead atoms. The summed E-state index contributed by atoms with van der Waals surface area (Å²) in [6.45, 7) is 2.97. The smallest absolute Gasteiger partial charge is 0.118 e. The van der Waals surface area contributed by atoms with Crippen LogP contribution >= 0.6 is 0 Å². The lowest BCUT2D eigenvalue weighted by Crippen LogP contribution is -2.35. The number of benzene rings is 1. The van der Waals surface area contributed by atoms with Crippen LogP contribution in [0.15, 0.2) is 24.3 Å². The maximum Gasteiger partial charge on any atom is 0.118 e. The van der Waals surface area contributed by atoms with Crippen LogP contribution < -0.4 is 10.1 Å².